The van der Waals surface area contributed by atoms with Crippen molar-refractivity contribution in [3.63, 3.8) is 0 Å². The summed E-state index contributed by atoms with van der Waals surface area (Å²) in [4.78, 5) is 11.7. The molecule has 2 aromatic rings. The van der Waals surface area contributed by atoms with E-state index in [1.54, 1.807) is 32.0 Å². The number of carbonyl (C=O) groups is 1. The quantitative estimate of drug-likeness (QED) is 0.654. The molecule has 0 bridgehead atoms. The third kappa shape index (κ3) is 3.25. The molecule has 6 heteroatoms. The Balaban J connectivity index is 2.06. The average Bonchev–Trinajstić information content (AvgIpc) is 2.83. The third-order valence-corrected chi connectivity index (χ3v) is 2.53. The minimum atomic E-state index is -0.397. The minimum absolute atomic E-state index is 0.271. The van der Waals surface area contributed by atoms with E-state index < -0.39 is 5.91 Å². The number of nitrogens with one attached hydrogen (secondary N) is 2. The van der Waals surface area contributed by atoms with E-state index in [1.807, 2.05) is 0 Å². The lowest BCUT2D eigenvalue weighted by atomic mass is 10.1. The summed E-state index contributed by atoms with van der Waals surface area (Å²) < 4.78 is 12.8. The van der Waals surface area contributed by atoms with Crippen LogP contribution in [0.5, 0.6) is 0 Å². The summed E-state index contributed by atoms with van der Waals surface area (Å²) in [6.07, 6.45) is 0. The van der Waals surface area contributed by atoms with Gasteiger partial charge in [0, 0.05) is 5.69 Å². The first-order valence-electron chi connectivity index (χ1n) is 5.69. The van der Waals surface area contributed by atoms with Crippen molar-refractivity contribution < 1.29 is 9.18 Å². The molecule has 0 unspecified atom stereocenters. The van der Waals surface area contributed by atoms with Crippen molar-refractivity contribution in [3.05, 3.63) is 53.1 Å². The van der Waals surface area contributed by atoms with Crippen LogP contribution in [-0.2, 0) is 0 Å². The summed E-state index contributed by atoms with van der Waals surface area (Å²) in [5, 5.41) is 10.4. The molecular formula is C13H13FN4O. The van der Waals surface area contributed by atoms with E-state index in [1.165, 1.54) is 12.1 Å². The predicted molar refractivity (Wildman–Crippen MR) is 69.4 cm³/mol. The van der Waals surface area contributed by atoms with Crippen LogP contribution in [0.15, 0.2) is 35.4 Å². The van der Waals surface area contributed by atoms with Crippen LogP contribution in [0.4, 0.5) is 4.39 Å². The van der Waals surface area contributed by atoms with E-state index in [2.05, 4.69) is 20.7 Å². The first-order valence-corrected chi connectivity index (χ1v) is 5.69. The molecule has 19 heavy (non-hydrogen) atoms. The predicted octanol–water partition coefficient (Wildman–Crippen LogP) is 2.01. The van der Waals surface area contributed by atoms with Gasteiger partial charge in [-0.15, -0.1) is 0 Å². The molecule has 0 aliphatic rings. The largest absolute Gasteiger partial charge is 0.291 e. The van der Waals surface area contributed by atoms with Crippen LogP contribution >= 0.6 is 0 Å². The smallest absolute Gasteiger partial charge is 0.282 e. The fourth-order valence-electron chi connectivity index (χ4n) is 1.48. The lowest BCUT2D eigenvalue weighted by molar-refractivity contribution is 0.0950. The average molecular weight is 260 g/mol. The van der Waals surface area contributed by atoms with Gasteiger partial charge in [-0.3, -0.25) is 9.89 Å². The molecule has 0 atom stereocenters. The molecule has 2 N–H and O–H groups in total. The number of benzene rings is 1. The number of nitrogens with zero attached hydrogens (tertiary/aromatic N) is 2. The molecule has 0 spiro atoms. The van der Waals surface area contributed by atoms with Crippen molar-refractivity contribution in [1.82, 2.24) is 15.6 Å². The highest BCUT2D eigenvalue weighted by Crippen LogP contribution is 2.04. The summed E-state index contributed by atoms with van der Waals surface area (Å²) in [7, 11) is 0. The van der Waals surface area contributed by atoms with Crippen LogP contribution in [0.25, 0.3) is 0 Å². The summed E-state index contributed by atoms with van der Waals surface area (Å²) >= 11 is 0. The first-order chi connectivity index (χ1) is 9.06. The van der Waals surface area contributed by atoms with Gasteiger partial charge in [-0.05, 0) is 37.6 Å². The molecule has 0 aliphatic carbocycles. The number of aromatic nitrogens is 2. The summed E-state index contributed by atoms with van der Waals surface area (Å²) in [5.74, 6) is -0.710. The summed E-state index contributed by atoms with van der Waals surface area (Å²) in [6, 6.07) is 7.50. The fraction of sp³-hybridized carbons (Fsp3) is 0.154. The number of carbonyl (C=O) groups excluding carboxylic acids is 1. The van der Waals surface area contributed by atoms with Crippen molar-refractivity contribution in [2.24, 2.45) is 5.10 Å². The van der Waals surface area contributed by atoms with Crippen LogP contribution < -0.4 is 5.43 Å². The molecule has 5 nitrogen and oxygen atoms in total. The van der Waals surface area contributed by atoms with Gasteiger partial charge in [-0.2, -0.15) is 10.2 Å². The number of rotatable bonds is 3. The van der Waals surface area contributed by atoms with Crippen LogP contribution in [0.3, 0.4) is 0 Å². The number of hydrogen-bond acceptors (Lipinski definition) is 3. The number of hydrogen-bond donors (Lipinski definition) is 2. The van der Waals surface area contributed by atoms with Gasteiger partial charge in [0.1, 0.15) is 5.82 Å². The SMILES string of the molecule is C/C(=N/NC(=O)c1cc(C)[nH]n1)c1ccc(F)cc1. The van der Waals surface area contributed by atoms with E-state index >= 15 is 0 Å². The Hall–Kier alpha value is -2.50. The highest BCUT2D eigenvalue weighted by Gasteiger charge is 2.08. The summed E-state index contributed by atoms with van der Waals surface area (Å²) in [5.41, 5.74) is 4.79. The maximum atomic E-state index is 12.8. The number of amides is 1. The Morgan fingerprint density at radius 1 is 1.37 bits per heavy atom. The van der Waals surface area contributed by atoms with Crippen LogP contribution in [-0.4, -0.2) is 21.8 Å². The zero-order valence-corrected chi connectivity index (χ0v) is 10.6. The zero-order valence-electron chi connectivity index (χ0n) is 10.6. The summed E-state index contributed by atoms with van der Waals surface area (Å²) in [6.45, 7) is 3.53. The Labute approximate surface area is 109 Å². The molecule has 0 saturated carbocycles. The molecular weight excluding hydrogens is 247 g/mol. The molecule has 98 valence electrons. The van der Waals surface area contributed by atoms with Crippen molar-refractivity contribution in [3.8, 4) is 0 Å². The number of H-pyrrole nitrogens is 1. The minimum Gasteiger partial charge on any atom is -0.282 e. The van der Waals surface area contributed by atoms with Gasteiger partial charge in [0.05, 0.1) is 5.71 Å². The number of aryl methyl sites for hydroxylation is 1. The topological polar surface area (TPSA) is 70.1 Å². The Kier molecular flexibility index (Phi) is 3.70. The van der Waals surface area contributed by atoms with Gasteiger partial charge in [-0.1, -0.05) is 12.1 Å². The van der Waals surface area contributed by atoms with Crippen molar-refractivity contribution >= 4 is 11.6 Å². The Bertz CT molecular complexity index is 616. The van der Waals surface area contributed by atoms with Gasteiger partial charge >= 0.3 is 0 Å². The van der Waals surface area contributed by atoms with Crippen molar-refractivity contribution in [2.75, 3.05) is 0 Å². The van der Waals surface area contributed by atoms with Crippen molar-refractivity contribution in [2.45, 2.75) is 13.8 Å². The zero-order chi connectivity index (χ0) is 13.8. The second kappa shape index (κ2) is 5.43. The maximum Gasteiger partial charge on any atom is 0.291 e. The third-order valence-electron chi connectivity index (χ3n) is 2.53. The van der Waals surface area contributed by atoms with Crippen LogP contribution in [0.2, 0.25) is 0 Å². The second-order valence-corrected chi connectivity index (χ2v) is 4.08. The molecule has 1 aromatic heterocycles. The molecule has 2 rings (SSSR count). The van der Waals surface area contributed by atoms with Gasteiger partial charge in [0.15, 0.2) is 5.69 Å². The maximum absolute atomic E-state index is 12.8. The Morgan fingerprint density at radius 3 is 2.63 bits per heavy atom. The number of aromatic amines is 1. The fourth-order valence-corrected chi connectivity index (χ4v) is 1.48. The molecule has 1 heterocycles. The number of halogens is 1. The van der Waals surface area contributed by atoms with Crippen molar-refractivity contribution in [1.29, 1.82) is 0 Å². The molecule has 0 fully saturated rings. The molecule has 1 amide bonds. The van der Waals surface area contributed by atoms with E-state index in [4.69, 9.17) is 0 Å². The molecule has 1 aromatic carbocycles. The standard InChI is InChI=1S/C13H13FN4O/c1-8-7-12(17-15-8)13(19)18-16-9(2)10-3-5-11(14)6-4-10/h3-7H,1-2H3,(H,15,17)(H,18,19)/b16-9-. The van der Waals surface area contributed by atoms with E-state index in [0.29, 0.717) is 5.71 Å². The number of hydrazone groups is 1. The second-order valence-electron chi connectivity index (χ2n) is 4.08. The van der Waals surface area contributed by atoms with Gasteiger partial charge < -0.3 is 0 Å². The lowest BCUT2D eigenvalue weighted by Crippen LogP contribution is -2.19. The highest BCUT2D eigenvalue weighted by molar-refractivity contribution is 6.00. The highest BCUT2D eigenvalue weighted by atomic mass is 19.1. The normalized spacial score (nSPS) is 11.4. The van der Waals surface area contributed by atoms with E-state index in [-0.39, 0.29) is 11.5 Å². The van der Waals surface area contributed by atoms with Gasteiger partial charge in [0.2, 0.25) is 0 Å². The van der Waals surface area contributed by atoms with Gasteiger partial charge in [0.25, 0.3) is 5.91 Å². The Morgan fingerprint density at radius 2 is 2.05 bits per heavy atom. The van der Waals surface area contributed by atoms with E-state index in [0.717, 1.165) is 11.3 Å². The lowest BCUT2D eigenvalue weighted by Gasteiger charge is -2.01. The van der Waals surface area contributed by atoms with E-state index in [9.17, 15) is 9.18 Å². The van der Waals surface area contributed by atoms with Crippen LogP contribution in [0, 0.1) is 12.7 Å². The van der Waals surface area contributed by atoms with Gasteiger partial charge in [-0.25, -0.2) is 9.82 Å². The molecule has 0 saturated heterocycles. The first kappa shape index (κ1) is 12.9. The monoisotopic (exact) mass is 260 g/mol. The van der Waals surface area contributed by atoms with Crippen LogP contribution in [0.1, 0.15) is 28.7 Å². The molecule has 0 aliphatic heterocycles. The molecule has 0 radical (unpaired) electrons.